The van der Waals surface area contributed by atoms with Crippen LogP contribution in [-0.4, -0.2) is 17.3 Å². The second kappa shape index (κ2) is 5.98. The quantitative estimate of drug-likeness (QED) is 0.815. The third-order valence-electron chi connectivity index (χ3n) is 2.51. The van der Waals surface area contributed by atoms with Gasteiger partial charge in [0.25, 0.3) is 5.91 Å². The Morgan fingerprint density at radius 2 is 2.35 bits per heavy atom. The van der Waals surface area contributed by atoms with E-state index in [-0.39, 0.29) is 11.9 Å². The lowest BCUT2D eigenvalue weighted by Crippen LogP contribution is -2.31. The van der Waals surface area contributed by atoms with Crippen LogP contribution in [0.5, 0.6) is 0 Å². The van der Waals surface area contributed by atoms with E-state index in [1.807, 2.05) is 6.07 Å². The highest BCUT2D eigenvalue weighted by atomic mass is 79.9. The molecule has 0 aliphatic heterocycles. The predicted molar refractivity (Wildman–Crippen MR) is 79.7 cm³/mol. The molecule has 0 spiro atoms. The molecule has 0 fully saturated rings. The van der Waals surface area contributed by atoms with Crippen LogP contribution in [0.3, 0.4) is 0 Å². The summed E-state index contributed by atoms with van der Waals surface area (Å²) in [6.07, 6.45) is 2.09. The Hall–Kier alpha value is -0.390. The lowest BCUT2D eigenvalue weighted by molar-refractivity contribution is 0.0942. The van der Waals surface area contributed by atoms with Gasteiger partial charge in [0.1, 0.15) is 0 Å². The molecular weight excluding hydrogens is 318 g/mol. The standard InChI is InChI=1S/C12H14BrNOS2/c1-8(3-2-5-13)14-12(15)11-7-10-9(17-11)4-6-16-10/h4,6-8H,2-3,5H2,1H3,(H,14,15). The minimum absolute atomic E-state index is 0.0560. The summed E-state index contributed by atoms with van der Waals surface area (Å²) in [6.45, 7) is 2.05. The number of carbonyl (C=O) groups is 1. The van der Waals surface area contributed by atoms with Crippen molar-refractivity contribution >= 4 is 53.9 Å². The first-order chi connectivity index (χ1) is 8.20. The average Bonchev–Trinajstić information content (AvgIpc) is 2.86. The molecular formula is C12H14BrNOS2. The first-order valence-electron chi connectivity index (χ1n) is 5.54. The minimum atomic E-state index is 0.0560. The molecule has 1 atom stereocenters. The van der Waals surface area contributed by atoms with E-state index in [1.165, 1.54) is 9.40 Å². The Morgan fingerprint density at radius 3 is 3.06 bits per heavy atom. The molecule has 0 aromatic carbocycles. The molecule has 2 nitrogen and oxygen atoms in total. The zero-order valence-corrected chi connectivity index (χ0v) is 12.8. The van der Waals surface area contributed by atoms with Gasteiger partial charge < -0.3 is 5.32 Å². The number of hydrogen-bond acceptors (Lipinski definition) is 3. The summed E-state index contributed by atoms with van der Waals surface area (Å²) < 4.78 is 2.40. The third kappa shape index (κ3) is 3.30. The molecule has 92 valence electrons. The summed E-state index contributed by atoms with van der Waals surface area (Å²) in [4.78, 5) is 12.8. The van der Waals surface area contributed by atoms with Crippen molar-refractivity contribution in [2.45, 2.75) is 25.8 Å². The summed E-state index contributed by atoms with van der Waals surface area (Å²) in [7, 11) is 0. The monoisotopic (exact) mass is 331 g/mol. The number of nitrogens with one attached hydrogen (secondary N) is 1. The largest absolute Gasteiger partial charge is 0.349 e. The van der Waals surface area contributed by atoms with Gasteiger partial charge in [0.2, 0.25) is 0 Å². The van der Waals surface area contributed by atoms with Crippen molar-refractivity contribution in [3.63, 3.8) is 0 Å². The molecule has 1 unspecified atom stereocenters. The Kier molecular flexibility index (Phi) is 4.59. The zero-order valence-electron chi connectivity index (χ0n) is 9.53. The molecule has 0 aliphatic rings. The Bertz CT molecular complexity index is 477. The van der Waals surface area contributed by atoms with Crippen molar-refractivity contribution in [3.8, 4) is 0 Å². The maximum Gasteiger partial charge on any atom is 0.261 e. The van der Waals surface area contributed by atoms with Crippen LogP contribution in [0.2, 0.25) is 0 Å². The number of alkyl halides is 1. The Morgan fingerprint density at radius 1 is 1.53 bits per heavy atom. The predicted octanol–water partition coefficient (Wildman–Crippen LogP) is 4.26. The van der Waals surface area contributed by atoms with Crippen molar-refractivity contribution in [3.05, 3.63) is 22.4 Å². The fourth-order valence-electron chi connectivity index (χ4n) is 1.63. The highest BCUT2D eigenvalue weighted by Crippen LogP contribution is 2.29. The highest BCUT2D eigenvalue weighted by Gasteiger charge is 2.13. The molecule has 2 aromatic heterocycles. The van der Waals surface area contributed by atoms with Crippen LogP contribution in [0.1, 0.15) is 29.4 Å². The first-order valence-corrected chi connectivity index (χ1v) is 8.36. The van der Waals surface area contributed by atoms with Gasteiger partial charge >= 0.3 is 0 Å². The molecule has 2 rings (SSSR count). The molecule has 0 saturated heterocycles. The number of fused-ring (bicyclic) bond motifs is 1. The topological polar surface area (TPSA) is 29.1 Å². The van der Waals surface area contributed by atoms with E-state index in [0.29, 0.717) is 0 Å². The molecule has 2 heterocycles. The molecule has 1 amide bonds. The Labute approximate surface area is 117 Å². The maximum atomic E-state index is 12.0. The smallest absolute Gasteiger partial charge is 0.261 e. The van der Waals surface area contributed by atoms with Crippen LogP contribution in [0.25, 0.3) is 9.40 Å². The minimum Gasteiger partial charge on any atom is -0.349 e. The van der Waals surface area contributed by atoms with Crippen LogP contribution in [0.4, 0.5) is 0 Å². The number of carbonyl (C=O) groups excluding carboxylic acids is 1. The second-order valence-corrected chi connectivity index (χ2v) is 6.79. The highest BCUT2D eigenvalue weighted by molar-refractivity contribution is 9.09. The summed E-state index contributed by atoms with van der Waals surface area (Å²) in [5.74, 6) is 0.0560. The second-order valence-electron chi connectivity index (χ2n) is 3.97. The van der Waals surface area contributed by atoms with Crippen LogP contribution >= 0.6 is 38.6 Å². The van der Waals surface area contributed by atoms with E-state index in [1.54, 1.807) is 22.7 Å². The normalized spacial score (nSPS) is 12.8. The molecule has 0 bridgehead atoms. The molecule has 2 aromatic rings. The number of halogens is 1. The van der Waals surface area contributed by atoms with Gasteiger partial charge in [-0.2, -0.15) is 0 Å². The van der Waals surface area contributed by atoms with E-state index in [4.69, 9.17) is 0 Å². The van der Waals surface area contributed by atoms with Crippen LogP contribution in [0, 0.1) is 0 Å². The van der Waals surface area contributed by atoms with Crippen molar-refractivity contribution in [1.29, 1.82) is 0 Å². The van der Waals surface area contributed by atoms with Gasteiger partial charge in [-0.05, 0) is 37.3 Å². The Balaban J connectivity index is 1.98. The van der Waals surface area contributed by atoms with E-state index >= 15 is 0 Å². The third-order valence-corrected chi connectivity index (χ3v) is 5.16. The molecule has 5 heteroatoms. The average molecular weight is 332 g/mol. The van der Waals surface area contributed by atoms with Gasteiger partial charge in [-0.1, -0.05) is 15.9 Å². The van der Waals surface area contributed by atoms with Crippen LogP contribution in [0.15, 0.2) is 17.5 Å². The fourth-order valence-corrected chi connectivity index (χ4v) is 3.96. The van der Waals surface area contributed by atoms with Gasteiger partial charge in [-0.25, -0.2) is 0 Å². The molecule has 0 radical (unpaired) electrons. The summed E-state index contributed by atoms with van der Waals surface area (Å²) in [5, 5.41) is 6.08. The van der Waals surface area contributed by atoms with Gasteiger partial charge in [0.15, 0.2) is 0 Å². The SMILES string of the molecule is CC(CCCBr)NC(=O)c1cc2sccc2s1. The molecule has 0 saturated carbocycles. The van der Waals surface area contributed by atoms with E-state index < -0.39 is 0 Å². The van der Waals surface area contributed by atoms with Gasteiger partial charge in [-0.15, -0.1) is 22.7 Å². The maximum absolute atomic E-state index is 12.0. The van der Waals surface area contributed by atoms with Gasteiger partial charge in [-0.3, -0.25) is 4.79 Å². The van der Waals surface area contributed by atoms with E-state index in [2.05, 4.69) is 39.6 Å². The summed E-state index contributed by atoms with van der Waals surface area (Å²) in [5.41, 5.74) is 0. The molecule has 17 heavy (non-hydrogen) atoms. The molecule has 1 N–H and O–H groups in total. The van der Waals surface area contributed by atoms with Gasteiger partial charge in [0, 0.05) is 20.8 Å². The summed E-state index contributed by atoms with van der Waals surface area (Å²) in [6, 6.07) is 4.28. The summed E-state index contributed by atoms with van der Waals surface area (Å²) >= 11 is 6.65. The fraction of sp³-hybridized carbons (Fsp3) is 0.417. The zero-order chi connectivity index (χ0) is 12.3. The van der Waals surface area contributed by atoms with Crippen molar-refractivity contribution in [1.82, 2.24) is 5.32 Å². The van der Waals surface area contributed by atoms with Crippen molar-refractivity contribution in [2.24, 2.45) is 0 Å². The van der Waals surface area contributed by atoms with Crippen LogP contribution in [-0.2, 0) is 0 Å². The van der Waals surface area contributed by atoms with Gasteiger partial charge in [0.05, 0.1) is 4.88 Å². The number of hydrogen-bond donors (Lipinski definition) is 1. The number of rotatable bonds is 5. The van der Waals surface area contributed by atoms with E-state index in [0.717, 1.165) is 23.0 Å². The number of thiophene rings is 2. The molecule has 0 aliphatic carbocycles. The van der Waals surface area contributed by atoms with Crippen molar-refractivity contribution in [2.75, 3.05) is 5.33 Å². The lowest BCUT2D eigenvalue weighted by atomic mass is 10.2. The van der Waals surface area contributed by atoms with Crippen molar-refractivity contribution < 1.29 is 4.79 Å². The van der Waals surface area contributed by atoms with E-state index in [9.17, 15) is 4.79 Å². The number of amides is 1. The first kappa shape index (κ1) is 13.1. The van der Waals surface area contributed by atoms with Crippen LogP contribution < -0.4 is 5.32 Å². The lowest BCUT2D eigenvalue weighted by Gasteiger charge is -2.11.